The summed E-state index contributed by atoms with van der Waals surface area (Å²) in [5.41, 5.74) is 1.48. The van der Waals surface area contributed by atoms with E-state index in [-0.39, 0.29) is 38.7 Å². The minimum atomic E-state index is -0.643. The van der Waals surface area contributed by atoms with Gasteiger partial charge in [0.05, 0.1) is 73.1 Å². The van der Waals surface area contributed by atoms with Crippen molar-refractivity contribution >= 4 is 81.0 Å². The molecule has 2 aliphatic rings. The van der Waals surface area contributed by atoms with Gasteiger partial charge in [0, 0.05) is 120 Å². The first-order valence-corrected chi connectivity index (χ1v) is 26.5. The molecule has 23 heteroatoms. The van der Waals surface area contributed by atoms with Crippen molar-refractivity contribution in [1.29, 1.82) is 10.5 Å². The van der Waals surface area contributed by atoms with E-state index < -0.39 is 11.8 Å². The Kier molecular flexibility index (Phi) is 27.8. The van der Waals surface area contributed by atoms with E-state index in [1.807, 2.05) is 12.1 Å². The predicted octanol–water partition coefficient (Wildman–Crippen LogP) is 9.36. The summed E-state index contributed by atoms with van der Waals surface area (Å²) in [7, 11) is 10.3. The third-order valence-electron chi connectivity index (χ3n) is 11.7. The van der Waals surface area contributed by atoms with Crippen LogP contribution in [0.25, 0.3) is 0 Å². The molecule has 4 aromatic carbocycles. The number of benzene rings is 4. The maximum Gasteiger partial charge on any atom is 0.267 e. The Morgan fingerprint density at radius 2 is 0.910 bits per heavy atom. The Balaban J connectivity index is 0.000000315. The lowest BCUT2D eigenvalue weighted by Gasteiger charge is -2.32. The zero-order chi connectivity index (χ0) is 57.1. The number of anilines is 4. The van der Waals surface area contributed by atoms with Gasteiger partial charge >= 0.3 is 0 Å². The van der Waals surface area contributed by atoms with Crippen molar-refractivity contribution in [3.63, 3.8) is 0 Å². The molecule has 0 aromatic heterocycles. The molecule has 2 fully saturated rings. The van der Waals surface area contributed by atoms with E-state index in [4.69, 9.17) is 79.9 Å². The number of likely N-dealkylation sites (N-methyl/N-ethyl adjacent to an activating group) is 2. The molecule has 2 saturated heterocycles. The van der Waals surface area contributed by atoms with Crippen molar-refractivity contribution in [2.45, 2.75) is 32.8 Å². The SMILES string of the molecule is CC(C)O.COc1cc(NC(=O)/C(C#N)=C\Nc2ccc(OC)c(OCCCN3CCN(C)CC3)c2)c(Cl)cc1Cl.COc1cc(NC(=O)/C(C#N)=C\Nc2ccc(OC)c(OCCCN3CCN(C)CC3)c2)c(Cl)cc1Cl. The number of methoxy groups -OCH3 is 4. The van der Waals surface area contributed by atoms with Crippen LogP contribution < -0.4 is 49.7 Å². The fourth-order valence-corrected chi connectivity index (χ4v) is 8.41. The molecule has 5 N–H and O–H groups in total. The quantitative estimate of drug-likeness (QED) is 0.0281. The third-order valence-corrected chi connectivity index (χ3v) is 13.0. The van der Waals surface area contributed by atoms with E-state index in [1.165, 1.54) is 50.9 Å². The lowest BCUT2D eigenvalue weighted by molar-refractivity contribution is -0.113. The van der Waals surface area contributed by atoms with Crippen LogP contribution in [-0.2, 0) is 9.59 Å². The molecular formula is C55H70Cl4N10O9. The monoisotopic (exact) mass is 1150 g/mol. The number of amides is 2. The first-order valence-electron chi connectivity index (χ1n) is 25.0. The zero-order valence-corrected chi connectivity index (χ0v) is 48.3. The summed E-state index contributed by atoms with van der Waals surface area (Å²) in [5, 5.41) is 39.3. The molecule has 2 aliphatic heterocycles. The highest BCUT2D eigenvalue weighted by molar-refractivity contribution is 6.38. The van der Waals surface area contributed by atoms with E-state index >= 15 is 0 Å². The average molecular weight is 1160 g/mol. The Hall–Kier alpha value is -6.36. The van der Waals surface area contributed by atoms with Gasteiger partial charge in [-0.15, -0.1) is 0 Å². The van der Waals surface area contributed by atoms with Gasteiger partial charge in [-0.1, -0.05) is 46.4 Å². The van der Waals surface area contributed by atoms with Crippen molar-refractivity contribution in [3.8, 4) is 46.6 Å². The van der Waals surface area contributed by atoms with Crippen LogP contribution in [0.4, 0.5) is 22.7 Å². The summed E-state index contributed by atoms with van der Waals surface area (Å²) in [6, 6.07) is 20.2. The molecule has 0 atom stereocenters. The van der Waals surface area contributed by atoms with E-state index in [0.29, 0.717) is 69.1 Å². The molecule has 2 amide bonds. The van der Waals surface area contributed by atoms with E-state index in [9.17, 15) is 20.1 Å². The molecule has 2 heterocycles. The number of nitriles is 2. The molecule has 6 rings (SSSR count). The minimum absolute atomic E-state index is 0.157. The summed E-state index contributed by atoms with van der Waals surface area (Å²) in [5.74, 6) is 1.74. The molecule has 78 heavy (non-hydrogen) atoms. The van der Waals surface area contributed by atoms with Crippen LogP contribution in [0.5, 0.6) is 34.5 Å². The Morgan fingerprint density at radius 1 is 0.564 bits per heavy atom. The van der Waals surface area contributed by atoms with Gasteiger partial charge in [0.2, 0.25) is 0 Å². The van der Waals surface area contributed by atoms with Crippen LogP contribution in [0.15, 0.2) is 84.2 Å². The summed E-state index contributed by atoms with van der Waals surface area (Å²) < 4.78 is 33.1. The molecule has 422 valence electrons. The van der Waals surface area contributed by atoms with Gasteiger partial charge in [0.25, 0.3) is 11.8 Å². The van der Waals surface area contributed by atoms with Crippen molar-refractivity contribution in [3.05, 3.63) is 104 Å². The second-order valence-corrected chi connectivity index (χ2v) is 19.6. The highest BCUT2D eigenvalue weighted by Gasteiger charge is 2.18. The number of hydrogen-bond donors (Lipinski definition) is 5. The van der Waals surface area contributed by atoms with Crippen LogP contribution in [0.1, 0.15) is 26.7 Å². The Labute approximate surface area is 478 Å². The number of carbonyl (C=O) groups is 2. The molecule has 0 aliphatic carbocycles. The first kappa shape index (κ1) is 64.2. The van der Waals surface area contributed by atoms with Gasteiger partial charge in [-0.3, -0.25) is 9.59 Å². The number of carbonyl (C=O) groups excluding carboxylic acids is 2. The molecule has 0 saturated carbocycles. The minimum Gasteiger partial charge on any atom is -0.495 e. The Bertz CT molecular complexity index is 2560. The lowest BCUT2D eigenvalue weighted by Crippen LogP contribution is -2.44. The fraction of sp³-hybridized carbons (Fsp3) is 0.418. The molecular weight excluding hydrogens is 1090 g/mol. The summed E-state index contributed by atoms with van der Waals surface area (Å²) in [4.78, 5) is 34.9. The largest absolute Gasteiger partial charge is 0.495 e. The summed E-state index contributed by atoms with van der Waals surface area (Å²) in [6.07, 6.45) is 4.24. The smallest absolute Gasteiger partial charge is 0.267 e. The molecule has 0 radical (unpaired) electrons. The number of hydrogen-bond acceptors (Lipinski definition) is 17. The number of ether oxygens (including phenoxy) is 6. The van der Waals surface area contributed by atoms with Crippen LogP contribution >= 0.6 is 46.4 Å². The first-order chi connectivity index (χ1) is 37.4. The molecule has 19 nitrogen and oxygen atoms in total. The maximum atomic E-state index is 12.7. The van der Waals surface area contributed by atoms with Crippen molar-refractivity contribution in [1.82, 2.24) is 19.6 Å². The topological polar surface area (TPSA) is 218 Å². The van der Waals surface area contributed by atoms with Crippen molar-refractivity contribution in [2.75, 3.05) is 142 Å². The normalized spacial score (nSPS) is 14.3. The summed E-state index contributed by atoms with van der Waals surface area (Å²) in [6.45, 7) is 15.1. The highest BCUT2D eigenvalue weighted by atomic mass is 35.5. The van der Waals surface area contributed by atoms with Gasteiger partial charge in [0.1, 0.15) is 34.8 Å². The molecule has 0 unspecified atom stereocenters. The van der Waals surface area contributed by atoms with Crippen molar-refractivity contribution in [2.24, 2.45) is 0 Å². The number of rotatable bonds is 22. The van der Waals surface area contributed by atoms with Gasteiger partial charge in [-0.05, 0) is 77.2 Å². The van der Waals surface area contributed by atoms with Crippen LogP contribution in [-0.4, -0.2) is 164 Å². The van der Waals surface area contributed by atoms with Crippen LogP contribution in [0.2, 0.25) is 20.1 Å². The number of aliphatic hydroxyl groups excluding tert-OH is 1. The third kappa shape index (κ3) is 21.5. The van der Waals surface area contributed by atoms with Gasteiger partial charge in [0.15, 0.2) is 23.0 Å². The average Bonchev–Trinajstić information content (AvgIpc) is 3.42. The fourth-order valence-electron chi connectivity index (χ4n) is 7.39. The number of nitrogens with one attached hydrogen (secondary N) is 4. The maximum absolute atomic E-state index is 12.7. The van der Waals surface area contributed by atoms with E-state index in [2.05, 4.69) is 55.0 Å². The standard InChI is InChI=1S/2C26H31Cl2N5O4.C3H8O/c2*1-32-8-10-33(11-9-32)7-4-12-37-25-13-19(5-6-23(25)35-2)30-17-18(16-29)26(34)31-22-15-24(36-3)21(28)14-20(22)27;1-3(2)4/h2*5-6,13-15,17,30H,4,7-12H2,1-3H3,(H,31,34);3-4H,1-2H3/b2*18-17-;. The van der Waals surface area contributed by atoms with E-state index in [1.54, 1.807) is 64.5 Å². The molecule has 0 spiro atoms. The number of aliphatic hydroxyl groups is 1. The summed E-state index contributed by atoms with van der Waals surface area (Å²) >= 11 is 24.4. The van der Waals surface area contributed by atoms with Crippen LogP contribution in [0, 0.1) is 22.7 Å². The van der Waals surface area contributed by atoms with Crippen molar-refractivity contribution < 1.29 is 43.1 Å². The molecule has 0 bridgehead atoms. The van der Waals surface area contributed by atoms with E-state index in [0.717, 1.165) is 78.3 Å². The second kappa shape index (κ2) is 33.8. The molecule has 4 aromatic rings. The van der Waals surface area contributed by atoms with Gasteiger partial charge < -0.3 is 74.4 Å². The van der Waals surface area contributed by atoms with Crippen LogP contribution in [0.3, 0.4) is 0 Å². The number of halogens is 4. The Morgan fingerprint density at radius 3 is 1.23 bits per heavy atom. The predicted molar refractivity (Wildman–Crippen MR) is 309 cm³/mol. The number of nitrogens with zero attached hydrogens (tertiary/aromatic N) is 6. The van der Waals surface area contributed by atoms with Gasteiger partial charge in [-0.2, -0.15) is 10.5 Å². The number of piperazine rings is 2. The lowest BCUT2D eigenvalue weighted by atomic mass is 10.2. The van der Waals surface area contributed by atoms with Gasteiger partial charge in [-0.25, -0.2) is 0 Å². The highest BCUT2D eigenvalue weighted by Crippen LogP contribution is 2.36. The second-order valence-electron chi connectivity index (χ2n) is 18.0. The zero-order valence-electron chi connectivity index (χ0n) is 45.3.